The summed E-state index contributed by atoms with van der Waals surface area (Å²) >= 11 is 0. The molecule has 1 aromatic heterocycles. The van der Waals surface area contributed by atoms with Crippen LogP contribution in [-0.4, -0.2) is 259 Å². The Morgan fingerprint density at radius 3 is 0.421 bits per heavy atom. The van der Waals surface area contributed by atoms with Crippen LogP contribution in [0.5, 0.6) is 0 Å². The number of aliphatic hydroxyl groups excluding tert-OH is 18. The van der Waals surface area contributed by atoms with Crippen molar-refractivity contribution in [3.05, 3.63) is 0 Å². The Kier molecular flexibility index (Phi) is 25.2. The van der Waals surface area contributed by atoms with E-state index in [-0.39, 0.29) is 0 Å². The average Bonchev–Trinajstić information content (AvgIpc) is 3.28. The minimum absolute atomic E-state index is 0.395. The lowest BCUT2D eigenvalue weighted by Gasteiger charge is -2.35. The number of nitrogens with zero attached hydrogens (tertiary/aromatic N) is 6. The normalized spacial score (nSPS) is 13.4. The number of rotatable bonds is 33. The van der Waals surface area contributed by atoms with Gasteiger partial charge in [-0.15, -0.1) is 0 Å². The molecular formula is C27H66N6O18P6+6. The molecule has 0 saturated heterocycles. The maximum Gasteiger partial charge on any atom is 0.237 e. The Morgan fingerprint density at radius 1 is 0.228 bits per heavy atom. The number of anilines is 3. The van der Waals surface area contributed by atoms with E-state index < -0.39 is 213 Å². The molecule has 1 aromatic rings. The summed E-state index contributed by atoms with van der Waals surface area (Å²) in [6, 6.07) is 0. The van der Waals surface area contributed by atoms with Gasteiger partial charge in [-0.05, 0) is 0 Å². The van der Waals surface area contributed by atoms with Gasteiger partial charge in [0, 0.05) is 0 Å². The van der Waals surface area contributed by atoms with E-state index in [1.165, 1.54) is 14.7 Å². The zero-order valence-electron chi connectivity index (χ0n) is 31.9. The van der Waals surface area contributed by atoms with E-state index in [2.05, 4.69) is 15.0 Å². The van der Waals surface area contributed by atoms with Crippen LogP contribution < -0.4 is 14.7 Å². The van der Waals surface area contributed by atoms with Crippen LogP contribution in [0.1, 0.15) is 0 Å². The van der Waals surface area contributed by atoms with Gasteiger partial charge in [0.15, 0.2) is 114 Å². The summed E-state index contributed by atoms with van der Waals surface area (Å²) in [4.78, 5) is 17.6. The molecule has 30 heteroatoms. The lowest BCUT2D eigenvalue weighted by Crippen LogP contribution is -2.39. The van der Waals surface area contributed by atoms with Crippen LogP contribution in [-0.2, 0) is 0 Å². The van der Waals surface area contributed by atoms with E-state index >= 15 is 0 Å². The van der Waals surface area contributed by atoms with Gasteiger partial charge in [0.25, 0.3) is 0 Å². The van der Waals surface area contributed by atoms with E-state index in [1.807, 2.05) is 0 Å². The predicted octanol–water partition coefficient (Wildman–Crippen LogP) is -4.76. The molecule has 0 aromatic carbocycles. The van der Waals surface area contributed by atoms with Gasteiger partial charge in [0.1, 0.15) is 81.3 Å². The molecule has 336 valence electrons. The Hall–Kier alpha value is 0.270. The van der Waals surface area contributed by atoms with E-state index in [9.17, 15) is 91.9 Å². The maximum atomic E-state index is 10.4. The third-order valence-corrected chi connectivity index (χ3v) is 26.1. The van der Waals surface area contributed by atoms with Crippen molar-refractivity contribution >= 4 is 61.4 Å². The summed E-state index contributed by atoms with van der Waals surface area (Å²) in [5.41, 5.74) is 0. The Balaban J connectivity index is 4.66. The summed E-state index contributed by atoms with van der Waals surface area (Å²) < 4.78 is 0. The van der Waals surface area contributed by atoms with Crippen molar-refractivity contribution in [1.29, 1.82) is 0 Å². The van der Waals surface area contributed by atoms with Crippen molar-refractivity contribution in [3.63, 3.8) is 0 Å². The molecule has 0 unspecified atom stereocenters. The van der Waals surface area contributed by atoms with Crippen molar-refractivity contribution in [2.45, 2.75) is 0 Å². The molecule has 0 atom stereocenters. The highest BCUT2D eigenvalue weighted by molar-refractivity contribution is 7.77. The lowest BCUT2D eigenvalue weighted by atomic mass is 10.7. The van der Waals surface area contributed by atoms with E-state index in [0.29, 0.717) is 0 Å². The third-order valence-electron chi connectivity index (χ3n) is 9.67. The van der Waals surface area contributed by atoms with Crippen molar-refractivity contribution in [1.82, 2.24) is 15.0 Å². The summed E-state index contributed by atoms with van der Waals surface area (Å²) in [5.74, 6) is -1.19. The number of hydrogen-bond donors (Lipinski definition) is 18. The first-order valence-electron chi connectivity index (χ1n) is 17.2. The molecule has 24 nitrogen and oxygen atoms in total. The molecule has 0 radical (unpaired) electrons. The fourth-order valence-corrected chi connectivity index (χ4v) is 14.5. The highest BCUT2D eigenvalue weighted by Crippen LogP contribution is 2.64. The average molecular weight is 949 g/mol. The molecular weight excluding hydrogens is 882 g/mol. The summed E-state index contributed by atoms with van der Waals surface area (Å²) in [6.07, 6.45) is -15.4. The molecule has 0 aliphatic rings. The van der Waals surface area contributed by atoms with Crippen LogP contribution in [0.3, 0.4) is 0 Å². The van der Waals surface area contributed by atoms with Gasteiger partial charge in [-0.2, -0.15) is 15.0 Å². The largest absolute Gasteiger partial charge is 0.361 e. The van der Waals surface area contributed by atoms with E-state index in [1.54, 1.807) is 0 Å². The number of hydrogen-bond acceptors (Lipinski definition) is 24. The molecule has 0 amide bonds. The molecule has 0 saturated carbocycles. The van der Waals surface area contributed by atoms with Gasteiger partial charge in [0.05, 0.1) is 0 Å². The fourth-order valence-electron chi connectivity index (χ4n) is 5.06. The second-order valence-electron chi connectivity index (χ2n) is 14.3. The molecule has 0 spiro atoms. The monoisotopic (exact) mass is 948 g/mol. The summed E-state index contributed by atoms with van der Waals surface area (Å²) in [7, 11) is -19.1. The van der Waals surface area contributed by atoms with Crippen molar-refractivity contribution in [2.75, 3.05) is 167 Å². The summed E-state index contributed by atoms with van der Waals surface area (Å²) in [6.45, 7) is 0. The van der Waals surface area contributed by atoms with Gasteiger partial charge in [-0.25, -0.2) is 0 Å². The smallest absolute Gasteiger partial charge is 0.237 e. The minimum atomic E-state index is -3.19. The number of aliphatic hydroxyl groups is 18. The molecule has 1 heterocycles. The van der Waals surface area contributed by atoms with Crippen molar-refractivity contribution < 1.29 is 91.9 Å². The first-order valence-corrected chi connectivity index (χ1v) is 32.4. The molecule has 0 aliphatic heterocycles. The second-order valence-corrected chi connectivity index (χ2v) is 37.2. The highest BCUT2D eigenvalue weighted by atomic mass is 31.2. The molecule has 57 heavy (non-hydrogen) atoms. The highest BCUT2D eigenvalue weighted by Gasteiger charge is 2.50. The third kappa shape index (κ3) is 14.1. The lowest BCUT2D eigenvalue weighted by molar-refractivity contribution is 0.309. The van der Waals surface area contributed by atoms with Crippen LogP contribution in [0.4, 0.5) is 17.8 Å². The quantitative estimate of drug-likeness (QED) is 0.0294. The van der Waals surface area contributed by atoms with Gasteiger partial charge >= 0.3 is 0 Å². The SMILES string of the molecule is OC[P+](CO)(CO)CN(C[P+](CO)(CO)CO)c1nc(N(C[P+](CO)(CO)CO)C[P+](CO)(CO)CO)nc(N(C[P+](CO)(CO)CO)C[P+](CO)(CO)CO)n1. The van der Waals surface area contributed by atoms with Crippen LogP contribution in [0.2, 0.25) is 0 Å². The standard InChI is InChI=1S/C27H66N6O18P6/c34-7-52(8-35,9-36)1-31(2-53(10-37,11-38)12-39)25-28-26(32(3-54(13-40,14-41)15-42)4-55(16-43,17-44)18-45)30-27(29-25)33(5-56(19-46,20-47)21-48)6-57(22-49,23-50)24-51/h34-51H,1-24H2/q+6. The van der Waals surface area contributed by atoms with Crippen LogP contribution in [0, 0.1) is 0 Å². The molecule has 0 aliphatic carbocycles. The Morgan fingerprint density at radius 2 is 0.333 bits per heavy atom. The fraction of sp³-hybridized carbons (Fsp3) is 0.889. The second kappa shape index (κ2) is 26.0. The van der Waals surface area contributed by atoms with Crippen molar-refractivity contribution in [3.8, 4) is 0 Å². The van der Waals surface area contributed by atoms with Gasteiger partial charge < -0.3 is 91.9 Å². The number of aromatic nitrogens is 3. The molecule has 1 rings (SSSR count). The van der Waals surface area contributed by atoms with Gasteiger partial charge in [-0.1, -0.05) is 0 Å². The first kappa shape index (κ1) is 55.3. The van der Waals surface area contributed by atoms with Crippen molar-refractivity contribution in [2.24, 2.45) is 0 Å². The Labute approximate surface area is 334 Å². The zero-order valence-corrected chi connectivity index (χ0v) is 37.3. The van der Waals surface area contributed by atoms with Crippen LogP contribution >= 0.6 is 43.6 Å². The predicted molar refractivity (Wildman–Crippen MR) is 226 cm³/mol. The minimum Gasteiger partial charge on any atom is -0.361 e. The van der Waals surface area contributed by atoms with Crippen LogP contribution in [0.25, 0.3) is 0 Å². The van der Waals surface area contributed by atoms with E-state index in [4.69, 9.17) is 0 Å². The van der Waals surface area contributed by atoms with Crippen LogP contribution in [0.15, 0.2) is 0 Å². The molecule has 0 fully saturated rings. The maximum absolute atomic E-state index is 10.4. The molecule has 0 bridgehead atoms. The topological polar surface area (TPSA) is 413 Å². The van der Waals surface area contributed by atoms with Gasteiger partial charge in [0.2, 0.25) is 17.8 Å². The van der Waals surface area contributed by atoms with E-state index in [0.717, 1.165) is 0 Å². The first-order chi connectivity index (χ1) is 27.1. The zero-order chi connectivity index (χ0) is 43.6. The molecule has 18 N–H and O–H groups in total. The Bertz CT molecular complexity index is 997. The summed E-state index contributed by atoms with van der Waals surface area (Å²) in [5, 5.41) is 187. The van der Waals surface area contributed by atoms with Gasteiger partial charge in [-0.3, -0.25) is 14.7 Å².